The highest BCUT2D eigenvalue weighted by atomic mass is 32.2. The minimum Gasteiger partial charge on any atom is -0.229 e. The van der Waals surface area contributed by atoms with Gasteiger partial charge >= 0.3 is 0 Å². The molecular formula is C10H19NO4S2. The maximum absolute atomic E-state index is 12.0. The van der Waals surface area contributed by atoms with Crippen LogP contribution in [0.3, 0.4) is 0 Å². The summed E-state index contributed by atoms with van der Waals surface area (Å²) in [6.07, 6.45) is 2.99. The molecule has 3 atom stereocenters. The van der Waals surface area contributed by atoms with E-state index in [0.29, 0.717) is 5.92 Å². The highest BCUT2D eigenvalue weighted by Crippen LogP contribution is 2.26. The average molecular weight is 281 g/mol. The number of hydrogen-bond donors (Lipinski definition) is 1. The summed E-state index contributed by atoms with van der Waals surface area (Å²) in [4.78, 5) is 0. The molecule has 1 N–H and O–H groups in total. The maximum atomic E-state index is 12.0. The van der Waals surface area contributed by atoms with Gasteiger partial charge in [-0.2, -0.15) is 0 Å². The van der Waals surface area contributed by atoms with Crippen LogP contribution in [-0.2, 0) is 19.9 Å². The molecule has 2 fully saturated rings. The molecule has 17 heavy (non-hydrogen) atoms. The van der Waals surface area contributed by atoms with Crippen LogP contribution in [-0.4, -0.2) is 39.6 Å². The molecule has 0 spiro atoms. The number of sulfone groups is 1. The van der Waals surface area contributed by atoms with Gasteiger partial charge in [-0.1, -0.05) is 6.92 Å². The van der Waals surface area contributed by atoms with Crippen LogP contribution in [0.25, 0.3) is 0 Å². The fourth-order valence-corrected chi connectivity index (χ4v) is 6.98. The van der Waals surface area contributed by atoms with Gasteiger partial charge in [-0.05, 0) is 31.6 Å². The van der Waals surface area contributed by atoms with Crippen LogP contribution in [0.5, 0.6) is 0 Å². The molecular weight excluding hydrogens is 262 g/mol. The molecule has 1 aliphatic heterocycles. The smallest absolute Gasteiger partial charge is 0.215 e. The molecule has 2 rings (SSSR count). The largest absolute Gasteiger partial charge is 0.229 e. The number of sulfonamides is 1. The van der Waals surface area contributed by atoms with Gasteiger partial charge in [0.25, 0.3) is 0 Å². The van der Waals surface area contributed by atoms with Crippen LogP contribution in [0.15, 0.2) is 0 Å². The summed E-state index contributed by atoms with van der Waals surface area (Å²) < 4.78 is 49.3. The van der Waals surface area contributed by atoms with E-state index in [1.165, 1.54) is 0 Å². The second-order valence-electron chi connectivity index (χ2n) is 5.30. The van der Waals surface area contributed by atoms with E-state index in [4.69, 9.17) is 0 Å². The fraction of sp³-hybridized carbons (Fsp3) is 1.00. The summed E-state index contributed by atoms with van der Waals surface area (Å²) >= 11 is 0. The summed E-state index contributed by atoms with van der Waals surface area (Å²) in [5.74, 6) is 0.333. The van der Waals surface area contributed by atoms with E-state index >= 15 is 0 Å². The zero-order chi connectivity index (χ0) is 12.7. The van der Waals surface area contributed by atoms with Crippen molar-refractivity contribution in [2.45, 2.75) is 43.9 Å². The Hall–Kier alpha value is -0.140. The van der Waals surface area contributed by atoms with E-state index in [0.717, 1.165) is 19.3 Å². The number of rotatable bonds is 3. The zero-order valence-corrected chi connectivity index (χ0v) is 11.6. The summed E-state index contributed by atoms with van der Waals surface area (Å²) in [5.41, 5.74) is 0. The molecule has 0 aromatic carbocycles. The Balaban J connectivity index is 2.00. The Labute approximate surface area is 103 Å². The first-order valence-electron chi connectivity index (χ1n) is 6.00. The van der Waals surface area contributed by atoms with Crippen LogP contribution in [0.1, 0.15) is 32.6 Å². The molecule has 1 aliphatic carbocycles. The van der Waals surface area contributed by atoms with Crippen molar-refractivity contribution in [3.05, 3.63) is 0 Å². The first-order valence-corrected chi connectivity index (χ1v) is 9.37. The molecule has 1 heterocycles. The normalized spacial score (nSPS) is 37.4. The first-order chi connectivity index (χ1) is 7.78. The van der Waals surface area contributed by atoms with Gasteiger partial charge < -0.3 is 0 Å². The molecule has 0 aromatic rings. The number of nitrogens with one attached hydrogen (secondary N) is 1. The predicted molar refractivity (Wildman–Crippen MR) is 65.9 cm³/mol. The summed E-state index contributed by atoms with van der Waals surface area (Å²) in [7, 11) is -6.61. The van der Waals surface area contributed by atoms with E-state index in [1.807, 2.05) is 0 Å². The van der Waals surface area contributed by atoms with Crippen molar-refractivity contribution in [1.82, 2.24) is 4.72 Å². The van der Waals surface area contributed by atoms with Crippen molar-refractivity contribution < 1.29 is 16.8 Å². The molecule has 0 amide bonds. The third-order valence-electron chi connectivity index (χ3n) is 3.66. The predicted octanol–water partition coefficient (Wildman–Crippen LogP) is 0.282. The van der Waals surface area contributed by atoms with Crippen LogP contribution >= 0.6 is 0 Å². The quantitative estimate of drug-likeness (QED) is 0.806. The van der Waals surface area contributed by atoms with Gasteiger partial charge in [0, 0.05) is 6.04 Å². The first kappa shape index (κ1) is 13.3. The molecule has 1 saturated heterocycles. The topological polar surface area (TPSA) is 80.3 Å². The van der Waals surface area contributed by atoms with Gasteiger partial charge in [0.2, 0.25) is 10.0 Å². The SMILES string of the molecule is CC1CCC(NS(=O)(=O)C2CCS(=O)(=O)C2)C1. The number of hydrogen-bond acceptors (Lipinski definition) is 4. The van der Waals surface area contributed by atoms with E-state index in [-0.39, 0.29) is 24.0 Å². The lowest BCUT2D eigenvalue weighted by atomic mass is 10.1. The fourth-order valence-electron chi connectivity index (χ4n) is 2.65. The van der Waals surface area contributed by atoms with Crippen molar-refractivity contribution in [2.75, 3.05) is 11.5 Å². The van der Waals surface area contributed by atoms with Gasteiger partial charge in [0.05, 0.1) is 16.8 Å². The highest BCUT2D eigenvalue weighted by Gasteiger charge is 2.38. The molecule has 100 valence electrons. The van der Waals surface area contributed by atoms with E-state index in [9.17, 15) is 16.8 Å². The molecule has 0 aromatic heterocycles. The van der Waals surface area contributed by atoms with Crippen molar-refractivity contribution >= 4 is 19.9 Å². The Morgan fingerprint density at radius 3 is 2.35 bits per heavy atom. The van der Waals surface area contributed by atoms with Crippen molar-refractivity contribution in [3.63, 3.8) is 0 Å². The molecule has 1 saturated carbocycles. The van der Waals surface area contributed by atoms with Crippen molar-refractivity contribution in [2.24, 2.45) is 5.92 Å². The second kappa shape index (κ2) is 4.51. The van der Waals surface area contributed by atoms with E-state index in [2.05, 4.69) is 11.6 Å². The Morgan fingerprint density at radius 2 is 1.88 bits per heavy atom. The monoisotopic (exact) mass is 281 g/mol. The molecule has 3 unspecified atom stereocenters. The second-order valence-corrected chi connectivity index (χ2v) is 9.52. The Bertz CT molecular complexity index is 482. The molecule has 5 nitrogen and oxygen atoms in total. The van der Waals surface area contributed by atoms with Crippen LogP contribution in [0, 0.1) is 5.92 Å². The molecule has 2 aliphatic rings. The van der Waals surface area contributed by atoms with Gasteiger partial charge in [0.15, 0.2) is 9.84 Å². The zero-order valence-electron chi connectivity index (χ0n) is 9.92. The summed E-state index contributed by atoms with van der Waals surface area (Å²) in [6, 6.07) is -0.00157. The summed E-state index contributed by atoms with van der Waals surface area (Å²) in [6.45, 7) is 2.11. The Kier molecular flexibility index (Phi) is 3.53. The lowest BCUT2D eigenvalue weighted by molar-refractivity contribution is 0.530. The molecule has 7 heteroatoms. The van der Waals surface area contributed by atoms with Gasteiger partial charge in [0.1, 0.15) is 0 Å². The maximum Gasteiger partial charge on any atom is 0.215 e. The van der Waals surface area contributed by atoms with Crippen LogP contribution in [0.4, 0.5) is 0 Å². The van der Waals surface area contributed by atoms with E-state index < -0.39 is 25.1 Å². The van der Waals surface area contributed by atoms with Crippen molar-refractivity contribution in [1.29, 1.82) is 0 Å². The lowest BCUT2D eigenvalue weighted by Crippen LogP contribution is -2.40. The molecule has 0 radical (unpaired) electrons. The third-order valence-corrected chi connectivity index (χ3v) is 7.58. The standard InChI is InChI=1S/C10H19NO4S2/c1-8-2-3-9(6-8)11-17(14,15)10-4-5-16(12,13)7-10/h8-11H,2-7H2,1H3. The Morgan fingerprint density at radius 1 is 1.18 bits per heavy atom. The van der Waals surface area contributed by atoms with E-state index in [1.54, 1.807) is 0 Å². The van der Waals surface area contributed by atoms with Crippen LogP contribution < -0.4 is 4.72 Å². The minimum absolute atomic E-state index is 0.000351. The third kappa shape index (κ3) is 3.20. The minimum atomic E-state index is -3.47. The lowest BCUT2D eigenvalue weighted by Gasteiger charge is -2.16. The molecule has 0 bridgehead atoms. The van der Waals surface area contributed by atoms with Gasteiger partial charge in [-0.3, -0.25) is 0 Å². The van der Waals surface area contributed by atoms with Crippen molar-refractivity contribution in [3.8, 4) is 0 Å². The summed E-state index contributed by atoms with van der Waals surface area (Å²) in [5, 5.41) is -0.747. The van der Waals surface area contributed by atoms with Gasteiger partial charge in [-0.25, -0.2) is 21.6 Å². The van der Waals surface area contributed by atoms with Crippen LogP contribution in [0.2, 0.25) is 0 Å². The highest BCUT2D eigenvalue weighted by molar-refractivity contribution is 7.95. The average Bonchev–Trinajstić information content (AvgIpc) is 2.72. The van der Waals surface area contributed by atoms with Gasteiger partial charge in [-0.15, -0.1) is 0 Å².